The summed E-state index contributed by atoms with van der Waals surface area (Å²) in [6, 6.07) is 4.38. The number of hydrogen-bond donors (Lipinski definition) is 0. The number of fused-ring (bicyclic) bond motifs is 1. The Morgan fingerprint density at radius 2 is 1.92 bits per heavy atom. The summed E-state index contributed by atoms with van der Waals surface area (Å²) in [4.78, 5) is 0. The van der Waals surface area contributed by atoms with Gasteiger partial charge in [0.1, 0.15) is 0 Å². The van der Waals surface area contributed by atoms with Gasteiger partial charge in [0.25, 0.3) is 0 Å². The first-order valence-electron chi connectivity index (χ1n) is 4.31. The molecule has 2 rings (SSSR count). The smallest absolute Gasteiger partial charge is 0.0494 e. The van der Waals surface area contributed by atoms with Gasteiger partial charge in [-0.05, 0) is 37.1 Å². The fraction of sp³-hybridized carbons (Fsp3) is 0.273. The predicted molar refractivity (Wildman–Crippen MR) is 60.1 cm³/mol. The van der Waals surface area contributed by atoms with Crippen LogP contribution in [0.1, 0.15) is 11.1 Å². The summed E-state index contributed by atoms with van der Waals surface area (Å²) in [5.41, 5.74) is 3.91. The SMILES string of the molecule is Cc1cc(Br)c2c(C)cn(C)c2c1. The fourth-order valence-corrected chi connectivity index (χ4v) is 2.69. The molecule has 0 amide bonds. The lowest BCUT2D eigenvalue weighted by Gasteiger charge is -2.00. The number of nitrogens with zero attached hydrogens (tertiary/aromatic N) is 1. The molecular weight excluding hydrogens is 226 g/mol. The molecule has 0 fully saturated rings. The van der Waals surface area contributed by atoms with Crippen molar-refractivity contribution < 1.29 is 0 Å². The van der Waals surface area contributed by atoms with E-state index in [4.69, 9.17) is 0 Å². The molecule has 68 valence electrons. The highest BCUT2D eigenvalue weighted by molar-refractivity contribution is 9.10. The molecule has 0 unspecified atom stereocenters. The van der Waals surface area contributed by atoms with Crippen molar-refractivity contribution in [1.29, 1.82) is 0 Å². The Labute approximate surface area is 86.5 Å². The maximum Gasteiger partial charge on any atom is 0.0494 e. The van der Waals surface area contributed by atoms with Gasteiger partial charge in [0.2, 0.25) is 0 Å². The molecule has 0 saturated heterocycles. The van der Waals surface area contributed by atoms with Gasteiger partial charge in [-0.3, -0.25) is 0 Å². The van der Waals surface area contributed by atoms with Crippen molar-refractivity contribution in [3.63, 3.8) is 0 Å². The molecule has 0 spiro atoms. The lowest BCUT2D eigenvalue weighted by atomic mass is 10.1. The Morgan fingerprint density at radius 1 is 1.23 bits per heavy atom. The minimum absolute atomic E-state index is 1.20. The first kappa shape index (κ1) is 8.82. The molecule has 1 aromatic heterocycles. The summed E-state index contributed by atoms with van der Waals surface area (Å²) in [5, 5.41) is 1.33. The molecule has 0 aliphatic carbocycles. The first-order valence-corrected chi connectivity index (χ1v) is 5.10. The molecule has 1 nitrogen and oxygen atoms in total. The third kappa shape index (κ3) is 1.29. The maximum atomic E-state index is 3.60. The molecule has 0 N–H and O–H groups in total. The van der Waals surface area contributed by atoms with Crippen LogP contribution < -0.4 is 0 Å². The molecule has 0 aliphatic rings. The van der Waals surface area contributed by atoms with Crippen molar-refractivity contribution in [1.82, 2.24) is 4.57 Å². The standard InChI is InChI=1S/C11H12BrN/c1-7-4-9(12)11-8(2)6-13(3)10(11)5-7/h4-6H,1-3H3. The normalized spacial score (nSPS) is 11.1. The van der Waals surface area contributed by atoms with E-state index in [1.807, 2.05) is 0 Å². The largest absolute Gasteiger partial charge is 0.350 e. The number of aryl methyl sites for hydroxylation is 3. The molecule has 1 heterocycles. The molecule has 0 saturated carbocycles. The van der Waals surface area contributed by atoms with E-state index < -0.39 is 0 Å². The highest BCUT2D eigenvalue weighted by Gasteiger charge is 2.06. The number of halogens is 1. The van der Waals surface area contributed by atoms with Crippen LogP contribution in [-0.4, -0.2) is 4.57 Å². The van der Waals surface area contributed by atoms with Crippen molar-refractivity contribution in [3.8, 4) is 0 Å². The Bertz CT molecular complexity index is 468. The fourth-order valence-electron chi connectivity index (χ4n) is 1.82. The Balaban J connectivity index is 2.97. The zero-order valence-corrected chi connectivity index (χ0v) is 9.64. The third-order valence-corrected chi connectivity index (χ3v) is 3.00. The summed E-state index contributed by atoms with van der Waals surface area (Å²) < 4.78 is 3.36. The molecule has 0 atom stereocenters. The van der Waals surface area contributed by atoms with E-state index in [-0.39, 0.29) is 0 Å². The van der Waals surface area contributed by atoms with Gasteiger partial charge in [0, 0.05) is 28.6 Å². The summed E-state index contributed by atoms with van der Waals surface area (Å²) >= 11 is 3.60. The topological polar surface area (TPSA) is 4.93 Å². The molecule has 13 heavy (non-hydrogen) atoms. The van der Waals surface area contributed by atoms with Crippen molar-refractivity contribution in [3.05, 3.63) is 33.9 Å². The van der Waals surface area contributed by atoms with Crippen molar-refractivity contribution >= 4 is 26.8 Å². The molecule has 0 aliphatic heterocycles. The Kier molecular flexibility index (Phi) is 1.95. The van der Waals surface area contributed by atoms with E-state index >= 15 is 0 Å². The van der Waals surface area contributed by atoms with Crippen LogP contribution in [0, 0.1) is 13.8 Å². The second-order valence-electron chi connectivity index (χ2n) is 3.56. The van der Waals surface area contributed by atoms with Gasteiger partial charge in [-0.2, -0.15) is 0 Å². The highest BCUT2D eigenvalue weighted by Crippen LogP contribution is 2.29. The van der Waals surface area contributed by atoms with E-state index in [1.54, 1.807) is 0 Å². The summed E-state index contributed by atoms with van der Waals surface area (Å²) in [7, 11) is 2.08. The van der Waals surface area contributed by atoms with Gasteiger partial charge in [-0.15, -0.1) is 0 Å². The van der Waals surface area contributed by atoms with Crippen molar-refractivity contribution in [2.45, 2.75) is 13.8 Å². The van der Waals surface area contributed by atoms with Gasteiger partial charge in [0.05, 0.1) is 0 Å². The van der Waals surface area contributed by atoms with E-state index in [0.717, 1.165) is 0 Å². The highest BCUT2D eigenvalue weighted by atomic mass is 79.9. The monoisotopic (exact) mass is 237 g/mol. The van der Waals surface area contributed by atoms with Gasteiger partial charge in [-0.1, -0.05) is 15.9 Å². The first-order chi connectivity index (χ1) is 6.09. The lowest BCUT2D eigenvalue weighted by molar-refractivity contribution is 0.963. The van der Waals surface area contributed by atoms with Crippen molar-refractivity contribution in [2.24, 2.45) is 7.05 Å². The summed E-state index contributed by atoms with van der Waals surface area (Å²) in [6.45, 7) is 4.26. The lowest BCUT2D eigenvalue weighted by Crippen LogP contribution is -1.84. The molecular formula is C11H12BrN. The van der Waals surface area contributed by atoms with Crippen LogP contribution >= 0.6 is 15.9 Å². The summed E-state index contributed by atoms with van der Waals surface area (Å²) in [5.74, 6) is 0. The zero-order chi connectivity index (χ0) is 9.59. The van der Waals surface area contributed by atoms with Crippen LogP contribution in [0.15, 0.2) is 22.8 Å². The maximum absolute atomic E-state index is 3.60. The van der Waals surface area contributed by atoms with Gasteiger partial charge in [-0.25, -0.2) is 0 Å². The van der Waals surface area contributed by atoms with Crippen LogP contribution in [0.4, 0.5) is 0 Å². The molecule has 0 radical (unpaired) electrons. The minimum Gasteiger partial charge on any atom is -0.350 e. The Morgan fingerprint density at radius 3 is 2.62 bits per heavy atom. The van der Waals surface area contributed by atoms with E-state index in [1.165, 1.54) is 26.5 Å². The van der Waals surface area contributed by atoms with Crippen LogP contribution in [0.25, 0.3) is 10.9 Å². The van der Waals surface area contributed by atoms with Crippen LogP contribution in [-0.2, 0) is 7.05 Å². The van der Waals surface area contributed by atoms with E-state index in [9.17, 15) is 0 Å². The molecule has 1 aromatic carbocycles. The Hall–Kier alpha value is -0.760. The van der Waals surface area contributed by atoms with Crippen LogP contribution in [0.2, 0.25) is 0 Å². The molecule has 2 aromatic rings. The van der Waals surface area contributed by atoms with E-state index in [0.29, 0.717) is 0 Å². The minimum atomic E-state index is 1.20. The second-order valence-corrected chi connectivity index (χ2v) is 4.42. The number of aromatic nitrogens is 1. The number of benzene rings is 1. The number of hydrogen-bond acceptors (Lipinski definition) is 0. The van der Waals surface area contributed by atoms with Gasteiger partial charge >= 0.3 is 0 Å². The average molecular weight is 238 g/mol. The van der Waals surface area contributed by atoms with E-state index in [2.05, 4.69) is 59.7 Å². The average Bonchev–Trinajstić information content (AvgIpc) is 2.27. The summed E-state index contributed by atoms with van der Waals surface area (Å²) in [6.07, 6.45) is 2.16. The quantitative estimate of drug-likeness (QED) is 0.661. The predicted octanol–water partition coefficient (Wildman–Crippen LogP) is 3.56. The number of rotatable bonds is 0. The zero-order valence-electron chi connectivity index (χ0n) is 8.06. The molecule has 0 bridgehead atoms. The van der Waals surface area contributed by atoms with Crippen molar-refractivity contribution in [2.75, 3.05) is 0 Å². The van der Waals surface area contributed by atoms with Crippen LogP contribution in [0.5, 0.6) is 0 Å². The van der Waals surface area contributed by atoms with Gasteiger partial charge < -0.3 is 4.57 Å². The third-order valence-electron chi connectivity index (χ3n) is 2.38. The van der Waals surface area contributed by atoms with Crippen LogP contribution in [0.3, 0.4) is 0 Å². The second kappa shape index (κ2) is 2.88. The van der Waals surface area contributed by atoms with Gasteiger partial charge in [0.15, 0.2) is 0 Å². The molecule has 2 heteroatoms.